The lowest BCUT2D eigenvalue weighted by Gasteiger charge is -2.37. The van der Waals surface area contributed by atoms with Crippen LogP contribution in [0.15, 0.2) is 0 Å². The lowest BCUT2D eigenvalue weighted by Crippen LogP contribution is -2.49. The second-order valence-corrected chi connectivity index (χ2v) is 5.39. The monoisotopic (exact) mass is 212 g/mol. The minimum Gasteiger partial charge on any atom is -0.389 e. The van der Waals surface area contributed by atoms with Gasteiger partial charge in [-0.1, -0.05) is 0 Å². The minimum atomic E-state index is -0.378. The Kier molecular flexibility index (Phi) is 3.65. The second-order valence-electron chi connectivity index (χ2n) is 5.39. The van der Waals surface area contributed by atoms with Crippen molar-refractivity contribution >= 4 is 0 Å². The Balaban J connectivity index is 1.61. The Morgan fingerprint density at radius 2 is 2.27 bits per heavy atom. The highest BCUT2D eigenvalue weighted by atomic mass is 16.3. The van der Waals surface area contributed by atoms with Crippen LogP contribution >= 0.6 is 0 Å². The quantitative estimate of drug-likeness (QED) is 0.637. The van der Waals surface area contributed by atoms with E-state index in [1.807, 2.05) is 0 Å². The van der Waals surface area contributed by atoms with Crippen molar-refractivity contribution in [2.24, 2.45) is 0 Å². The van der Waals surface area contributed by atoms with Gasteiger partial charge in [-0.3, -0.25) is 0 Å². The van der Waals surface area contributed by atoms with Gasteiger partial charge >= 0.3 is 0 Å². The van der Waals surface area contributed by atoms with Crippen molar-refractivity contribution in [1.82, 2.24) is 10.6 Å². The van der Waals surface area contributed by atoms with Gasteiger partial charge in [-0.15, -0.1) is 0 Å². The Labute approximate surface area is 92.6 Å². The molecule has 2 fully saturated rings. The van der Waals surface area contributed by atoms with E-state index in [-0.39, 0.29) is 5.60 Å². The van der Waals surface area contributed by atoms with Crippen molar-refractivity contribution in [2.45, 2.75) is 63.1 Å². The summed E-state index contributed by atoms with van der Waals surface area (Å²) in [5.74, 6) is 0. The molecule has 0 bridgehead atoms. The van der Waals surface area contributed by atoms with Crippen molar-refractivity contribution in [1.29, 1.82) is 0 Å². The van der Waals surface area contributed by atoms with Crippen LogP contribution in [0.5, 0.6) is 0 Å². The molecule has 0 aromatic rings. The third kappa shape index (κ3) is 3.16. The molecule has 1 heterocycles. The molecule has 0 amide bonds. The first-order valence-electron chi connectivity index (χ1n) is 6.37. The van der Waals surface area contributed by atoms with E-state index >= 15 is 0 Å². The SMILES string of the molecule is CC(CC1CCCN1)NCC1(O)CCC1. The number of hydrogen-bond acceptors (Lipinski definition) is 3. The van der Waals surface area contributed by atoms with Crippen molar-refractivity contribution in [3.8, 4) is 0 Å². The molecule has 1 saturated heterocycles. The zero-order valence-corrected chi connectivity index (χ0v) is 9.76. The first-order valence-corrected chi connectivity index (χ1v) is 6.37. The van der Waals surface area contributed by atoms with E-state index in [0.717, 1.165) is 19.4 Å². The van der Waals surface area contributed by atoms with Crippen molar-refractivity contribution in [3.63, 3.8) is 0 Å². The van der Waals surface area contributed by atoms with E-state index in [2.05, 4.69) is 17.6 Å². The summed E-state index contributed by atoms with van der Waals surface area (Å²) >= 11 is 0. The lowest BCUT2D eigenvalue weighted by atomic mass is 9.80. The van der Waals surface area contributed by atoms with Crippen LogP contribution < -0.4 is 10.6 Å². The molecule has 2 unspecified atom stereocenters. The number of rotatable bonds is 5. The molecule has 1 aliphatic heterocycles. The first-order chi connectivity index (χ1) is 7.18. The molecule has 2 aliphatic rings. The average Bonchev–Trinajstić information content (AvgIpc) is 2.64. The molecule has 0 aromatic heterocycles. The maximum Gasteiger partial charge on any atom is 0.0771 e. The van der Waals surface area contributed by atoms with Crippen LogP contribution in [0.4, 0.5) is 0 Å². The van der Waals surface area contributed by atoms with Gasteiger partial charge in [0, 0.05) is 18.6 Å². The van der Waals surface area contributed by atoms with Crippen LogP contribution in [0.25, 0.3) is 0 Å². The molecule has 0 spiro atoms. The van der Waals surface area contributed by atoms with Crippen LogP contribution in [0.1, 0.15) is 45.4 Å². The fourth-order valence-corrected chi connectivity index (χ4v) is 2.59. The molecule has 0 radical (unpaired) electrons. The molecular formula is C12H24N2O. The summed E-state index contributed by atoms with van der Waals surface area (Å²) in [7, 11) is 0. The molecule has 88 valence electrons. The van der Waals surface area contributed by atoms with Gasteiger partial charge in [0.2, 0.25) is 0 Å². The molecule has 3 nitrogen and oxygen atoms in total. The van der Waals surface area contributed by atoms with E-state index in [1.165, 1.54) is 32.2 Å². The van der Waals surface area contributed by atoms with Gasteiger partial charge in [0.05, 0.1) is 5.60 Å². The Hall–Kier alpha value is -0.120. The van der Waals surface area contributed by atoms with Gasteiger partial charge in [0.25, 0.3) is 0 Å². The summed E-state index contributed by atoms with van der Waals surface area (Å²) in [6.45, 7) is 4.18. The normalized spacial score (nSPS) is 31.2. The summed E-state index contributed by atoms with van der Waals surface area (Å²) in [5.41, 5.74) is -0.378. The molecule has 3 N–H and O–H groups in total. The summed E-state index contributed by atoms with van der Waals surface area (Å²) in [4.78, 5) is 0. The fourth-order valence-electron chi connectivity index (χ4n) is 2.59. The first kappa shape index (κ1) is 11.4. The molecule has 2 rings (SSSR count). The largest absolute Gasteiger partial charge is 0.389 e. The standard InChI is InChI=1S/C12H24N2O/c1-10(8-11-4-2-7-13-11)14-9-12(15)5-3-6-12/h10-11,13-15H,2-9H2,1H3. The zero-order chi connectivity index (χ0) is 10.7. The van der Waals surface area contributed by atoms with Crippen molar-refractivity contribution in [3.05, 3.63) is 0 Å². The lowest BCUT2D eigenvalue weighted by molar-refractivity contribution is -0.0331. The highest BCUT2D eigenvalue weighted by Gasteiger charge is 2.34. The molecule has 1 saturated carbocycles. The molecule has 2 atom stereocenters. The van der Waals surface area contributed by atoms with Gasteiger partial charge in [-0.2, -0.15) is 0 Å². The summed E-state index contributed by atoms with van der Waals surface area (Å²) in [6, 6.07) is 1.22. The highest BCUT2D eigenvalue weighted by Crippen LogP contribution is 2.30. The van der Waals surface area contributed by atoms with Crippen molar-refractivity contribution < 1.29 is 5.11 Å². The predicted octanol–water partition coefficient (Wildman–Crippen LogP) is 1.02. The topological polar surface area (TPSA) is 44.3 Å². The fraction of sp³-hybridized carbons (Fsp3) is 1.00. The summed E-state index contributed by atoms with van der Waals surface area (Å²) in [5, 5.41) is 16.9. The Morgan fingerprint density at radius 1 is 1.47 bits per heavy atom. The third-order valence-electron chi connectivity index (χ3n) is 3.86. The van der Waals surface area contributed by atoms with E-state index in [1.54, 1.807) is 0 Å². The second kappa shape index (κ2) is 4.81. The summed E-state index contributed by atoms with van der Waals surface area (Å²) < 4.78 is 0. The molecule has 15 heavy (non-hydrogen) atoms. The molecule has 3 heteroatoms. The zero-order valence-electron chi connectivity index (χ0n) is 9.76. The van der Waals surface area contributed by atoms with Crippen LogP contribution in [-0.4, -0.2) is 35.9 Å². The minimum absolute atomic E-state index is 0.378. The van der Waals surface area contributed by atoms with Crippen LogP contribution in [0, 0.1) is 0 Å². The molecular weight excluding hydrogens is 188 g/mol. The maximum atomic E-state index is 9.94. The van der Waals surface area contributed by atoms with Gasteiger partial charge in [0.1, 0.15) is 0 Å². The average molecular weight is 212 g/mol. The van der Waals surface area contributed by atoms with Crippen molar-refractivity contribution in [2.75, 3.05) is 13.1 Å². The van der Waals surface area contributed by atoms with Crippen LogP contribution in [-0.2, 0) is 0 Å². The highest BCUT2D eigenvalue weighted by molar-refractivity contribution is 4.90. The number of aliphatic hydroxyl groups is 1. The smallest absolute Gasteiger partial charge is 0.0771 e. The predicted molar refractivity (Wildman–Crippen MR) is 61.9 cm³/mol. The van der Waals surface area contributed by atoms with Gasteiger partial charge < -0.3 is 15.7 Å². The third-order valence-corrected chi connectivity index (χ3v) is 3.86. The van der Waals surface area contributed by atoms with E-state index in [4.69, 9.17) is 0 Å². The van der Waals surface area contributed by atoms with Gasteiger partial charge in [-0.25, -0.2) is 0 Å². The number of hydrogen-bond donors (Lipinski definition) is 3. The molecule has 0 aromatic carbocycles. The maximum absolute atomic E-state index is 9.94. The molecule has 1 aliphatic carbocycles. The van der Waals surface area contributed by atoms with Gasteiger partial charge in [0.15, 0.2) is 0 Å². The van der Waals surface area contributed by atoms with E-state index < -0.39 is 0 Å². The van der Waals surface area contributed by atoms with E-state index in [0.29, 0.717) is 12.1 Å². The van der Waals surface area contributed by atoms with Crippen LogP contribution in [0.2, 0.25) is 0 Å². The summed E-state index contributed by atoms with van der Waals surface area (Å²) in [6.07, 6.45) is 6.98. The number of nitrogens with one attached hydrogen (secondary N) is 2. The Bertz CT molecular complexity index is 198. The van der Waals surface area contributed by atoms with Crippen LogP contribution in [0.3, 0.4) is 0 Å². The van der Waals surface area contributed by atoms with Gasteiger partial charge in [-0.05, 0) is 52.0 Å². The van der Waals surface area contributed by atoms with E-state index in [9.17, 15) is 5.11 Å². The Morgan fingerprint density at radius 3 is 2.80 bits per heavy atom.